The van der Waals surface area contributed by atoms with E-state index in [0.717, 1.165) is 36.3 Å². The molecule has 1 unspecified atom stereocenters. The van der Waals surface area contributed by atoms with Crippen molar-refractivity contribution in [1.82, 2.24) is 25.1 Å². The van der Waals surface area contributed by atoms with Crippen LogP contribution in [0.2, 0.25) is 0 Å². The van der Waals surface area contributed by atoms with E-state index in [4.69, 9.17) is 14.0 Å². The smallest absolute Gasteiger partial charge is 0.390 e. The summed E-state index contributed by atoms with van der Waals surface area (Å²) in [5.41, 5.74) is -4.72. The highest BCUT2D eigenvalue weighted by atomic mass is 32.1. The molecule has 328 valence electrons. The molecule has 5 heterocycles. The standard InChI is InChI=1S/C43H52F2N5O9PS/c1-25(2)58-42(55)26(3)22-46-60(56,59-33-7-5-4-6-8-33)43(44,45)31-9-12-36-29(18-31)21-37(61-36)38(51)47-34-20-28-17-27(28)19-32-10-11-35(50(32)40(34)53)41(54)49-23-30(24-49)39(52)48-13-15-57-16-14-48/h4-9,12,18,21,25-28,30,32,34-35H,10-11,13-17,19-20,22-24H2,1-3H3,(H,46,56)(H,47,51)/t26-,27+,28-,32+,34-,35-,60?/m0/s1. The number of ether oxygens (including phenoxy) is 2. The second kappa shape index (κ2) is 17.4. The Kier molecular flexibility index (Phi) is 12.3. The zero-order valence-corrected chi connectivity index (χ0v) is 36.1. The number of nitrogens with zero attached hydrogens (tertiary/aromatic N) is 3. The minimum atomic E-state index is -5.12. The first-order valence-electron chi connectivity index (χ1n) is 21.1. The van der Waals surface area contributed by atoms with Crippen molar-refractivity contribution in [2.45, 2.75) is 82.8 Å². The van der Waals surface area contributed by atoms with Gasteiger partial charge in [0.2, 0.25) is 17.7 Å². The Bertz CT molecular complexity index is 2220. The number of halogens is 2. The molecule has 0 spiro atoms. The van der Waals surface area contributed by atoms with Gasteiger partial charge in [-0.3, -0.25) is 28.5 Å². The Balaban J connectivity index is 0.968. The molecule has 4 aliphatic heterocycles. The fraction of sp³-hybridized carbons (Fsp3) is 0.558. The van der Waals surface area contributed by atoms with Crippen LogP contribution in [0, 0.1) is 23.7 Å². The van der Waals surface area contributed by atoms with Gasteiger partial charge < -0.3 is 34.0 Å². The number of amides is 4. The SMILES string of the molecule is CC(C)OC(=O)[C@@H](C)CNP(=O)(Oc1ccccc1)C(F)(F)c1ccc2sc(C(=O)N[C@H]3C[C@@H]4C[C@@H]4C[C@H]4CC[C@@H](C(=O)N5CC(C(=O)N6CCOCC6)C5)N4C3=O)cc2c1. The number of thiophene rings is 1. The van der Waals surface area contributed by atoms with Crippen molar-refractivity contribution in [3.05, 3.63) is 65.0 Å². The van der Waals surface area contributed by atoms with Crippen LogP contribution < -0.4 is 14.9 Å². The number of nitrogens with one attached hydrogen (secondary N) is 2. The molecular weight excluding hydrogens is 832 g/mol. The molecule has 7 atom stereocenters. The molecule has 4 amide bonds. The third kappa shape index (κ3) is 8.93. The summed E-state index contributed by atoms with van der Waals surface area (Å²) in [6.07, 6.45) is 2.94. The van der Waals surface area contributed by atoms with E-state index < -0.39 is 61.3 Å². The number of benzene rings is 2. The predicted octanol–water partition coefficient (Wildman–Crippen LogP) is 5.61. The van der Waals surface area contributed by atoms with E-state index in [-0.39, 0.29) is 46.2 Å². The minimum Gasteiger partial charge on any atom is -0.463 e. The van der Waals surface area contributed by atoms with Gasteiger partial charge in [0.15, 0.2) is 0 Å². The maximum Gasteiger partial charge on any atom is 0.390 e. The van der Waals surface area contributed by atoms with Crippen LogP contribution in [0.15, 0.2) is 54.6 Å². The number of hydrogen-bond donors (Lipinski definition) is 2. The van der Waals surface area contributed by atoms with Crippen LogP contribution in [0.1, 0.15) is 68.1 Å². The summed E-state index contributed by atoms with van der Waals surface area (Å²) < 4.78 is 64.0. The van der Waals surface area contributed by atoms with E-state index in [1.54, 1.807) is 46.7 Å². The third-order valence-electron chi connectivity index (χ3n) is 12.5. The molecule has 1 aliphatic carbocycles. The summed E-state index contributed by atoms with van der Waals surface area (Å²) in [6.45, 7) is 7.07. The Morgan fingerprint density at radius 2 is 1.66 bits per heavy atom. The molecule has 1 saturated carbocycles. The van der Waals surface area contributed by atoms with E-state index in [1.165, 1.54) is 31.2 Å². The van der Waals surface area contributed by atoms with Crippen LogP contribution in [0.4, 0.5) is 8.78 Å². The second-order valence-electron chi connectivity index (χ2n) is 17.2. The van der Waals surface area contributed by atoms with Gasteiger partial charge in [-0.25, -0.2) is 5.09 Å². The van der Waals surface area contributed by atoms with Crippen molar-refractivity contribution >= 4 is 58.5 Å². The first-order chi connectivity index (χ1) is 29.1. The van der Waals surface area contributed by atoms with Crippen molar-refractivity contribution in [1.29, 1.82) is 0 Å². The summed E-state index contributed by atoms with van der Waals surface area (Å²) in [7, 11) is -5.12. The lowest BCUT2D eigenvalue weighted by Gasteiger charge is -2.44. The highest BCUT2D eigenvalue weighted by Gasteiger charge is 2.56. The Hall–Kier alpha value is -4.44. The highest BCUT2D eigenvalue weighted by molar-refractivity contribution is 7.58. The summed E-state index contributed by atoms with van der Waals surface area (Å²) in [6, 6.07) is 11.1. The van der Waals surface area contributed by atoms with Crippen LogP contribution >= 0.6 is 18.9 Å². The summed E-state index contributed by atoms with van der Waals surface area (Å²) in [5.74, 6) is -2.24. The zero-order valence-electron chi connectivity index (χ0n) is 34.4. The van der Waals surface area contributed by atoms with Crippen LogP contribution in [0.5, 0.6) is 5.75 Å². The van der Waals surface area contributed by atoms with Gasteiger partial charge in [-0.05, 0) is 93.5 Å². The quantitative estimate of drug-likeness (QED) is 0.163. The fourth-order valence-corrected chi connectivity index (χ4v) is 11.7. The van der Waals surface area contributed by atoms with Crippen molar-refractivity contribution in [3.8, 4) is 5.75 Å². The van der Waals surface area contributed by atoms with Gasteiger partial charge in [-0.15, -0.1) is 11.3 Å². The van der Waals surface area contributed by atoms with Crippen molar-refractivity contribution in [3.63, 3.8) is 0 Å². The van der Waals surface area contributed by atoms with Gasteiger partial charge in [0.25, 0.3) is 5.91 Å². The third-order valence-corrected chi connectivity index (χ3v) is 15.7. The number of alkyl halides is 2. The van der Waals surface area contributed by atoms with E-state index in [9.17, 15) is 28.5 Å². The topological polar surface area (TPSA) is 164 Å². The number of para-hydroxylation sites is 1. The Labute approximate surface area is 357 Å². The predicted molar refractivity (Wildman–Crippen MR) is 222 cm³/mol. The molecule has 0 bridgehead atoms. The number of carbonyl (C=O) groups excluding carboxylic acids is 5. The minimum absolute atomic E-state index is 0.0222. The molecule has 5 fully saturated rings. The monoisotopic (exact) mass is 883 g/mol. The molecule has 14 nitrogen and oxygen atoms in total. The summed E-state index contributed by atoms with van der Waals surface area (Å²) in [5, 5.41) is 5.61. The Morgan fingerprint density at radius 1 is 0.934 bits per heavy atom. The lowest BCUT2D eigenvalue weighted by molar-refractivity contribution is -0.157. The Morgan fingerprint density at radius 3 is 2.38 bits per heavy atom. The van der Waals surface area contributed by atoms with Crippen LogP contribution in [-0.2, 0) is 38.9 Å². The first kappa shape index (κ1) is 43.2. The molecular formula is C43H52F2N5O9PS. The van der Waals surface area contributed by atoms with Gasteiger partial charge in [0, 0.05) is 49.0 Å². The largest absolute Gasteiger partial charge is 0.463 e. The molecule has 3 aromatic rings. The number of fused-ring (bicyclic) bond motifs is 3. The zero-order chi connectivity index (χ0) is 43.2. The van der Waals surface area contributed by atoms with Gasteiger partial charge in [-0.1, -0.05) is 31.2 Å². The van der Waals surface area contributed by atoms with Gasteiger partial charge >= 0.3 is 19.2 Å². The first-order valence-corrected chi connectivity index (χ1v) is 23.6. The van der Waals surface area contributed by atoms with E-state index in [1.807, 2.05) is 0 Å². The van der Waals surface area contributed by atoms with Crippen molar-refractivity contribution in [2.75, 3.05) is 45.9 Å². The number of likely N-dealkylation sites (tertiary alicyclic amines) is 1. The maximum absolute atomic E-state index is 16.6. The molecule has 4 saturated heterocycles. The molecule has 5 aliphatic rings. The van der Waals surface area contributed by atoms with Crippen LogP contribution in [0.25, 0.3) is 10.1 Å². The van der Waals surface area contributed by atoms with Crippen LogP contribution in [0.3, 0.4) is 0 Å². The fourth-order valence-electron chi connectivity index (χ4n) is 8.95. The highest BCUT2D eigenvalue weighted by Crippen LogP contribution is 2.63. The van der Waals surface area contributed by atoms with Gasteiger partial charge in [0.1, 0.15) is 17.8 Å². The number of rotatable bonds is 13. The lowest BCUT2D eigenvalue weighted by atomic mass is 9.96. The van der Waals surface area contributed by atoms with Gasteiger partial charge in [-0.2, -0.15) is 8.78 Å². The van der Waals surface area contributed by atoms with Gasteiger partial charge in [0.05, 0.1) is 36.0 Å². The van der Waals surface area contributed by atoms with Crippen LogP contribution in [-0.4, -0.2) is 114 Å². The number of esters is 1. The van der Waals surface area contributed by atoms with Crippen molar-refractivity contribution in [2.24, 2.45) is 23.7 Å². The average molecular weight is 884 g/mol. The molecule has 61 heavy (non-hydrogen) atoms. The molecule has 8 rings (SSSR count). The molecule has 0 radical (unpaired) electrons. The molecule has 2 aromatic carbocycles. The maximum atomic E-state index is 16.6. The molecule has 1 aromatic heterocycles. The lowest BCUT2D eigenvalue weighted by Crippen LogP contribution is -2.62. The average Bonchev–Trinajstić information content (AvgIpc) is 3.57. The van der Waals surface area contributed by atoms with E-state index in [2.05, 4.69) is 10.4 Å². The van der Waals surface area contributed by atoms with E-state index in [0.29, 0.717) is 74.7 Å². The molecule has 2 N–H and O–H groups in total. The number of morpholine rings is 1. The normalized spacial score (nSPS) is 25.7. The number of carbonyl (C=O) groups is 5. The van der Waals surface area contributed by atoms with Crippen molar-refractivity contribution < 1.29 is 51.3 Å². The summed E-state index contributed by atoms with van der Waals surface area (Å²) >= 11 is 1.07. The van der Waals surface area contributed by atoms with E-state index >= 15 is 8.78 Å². The number of hydrogen-bond acceptors (Lipinski definition) is 10. The molecule has 18 heteroatoms. The second-order valence-corrected chi connectivity index (χ2v) is 20.5. The summed E-state index contributed by atoms with van der Waals surface area (Å²) in [4.78, 5) is 73.0.